The summed E-state index contributed by atoms with van der Waals surface area (Å²) in [5.41, 5.74) is 0.540. The van der Waals surface area contributed by atoms with Crippen molar-refractivity contribution < 1.29 is 14.3 Å². The van der Waals surface area contributed by atoms with E-state index in [-0.39, 0.29) is 12.3 Å². The fraction of sp³-hybridized carbons (Fsp3) is 0.235. The van der Waals surface area contributed by atoms with Crippen LogP contribution in [-0.2, 0) is 9.53 Å². The largest absolute Gasteiger partial charge is 0.455 e. The van der Waals surface area contributed by atoms with E-state index in [1.54, 1.807) is 18.2 Å². The highest BCUT2D eigenvalue weighted by atomic mass is 35.5. The summed E-state index contributed by atoms with van der Waals surface area (Å²) >= 11 is 6.00. The van der Waals surface area contributed by atoms with Crippen LogP contribution in [0.4, 0.5) is 5.69 Å². The van der Waals surface area contributed by atoms with Gasteiger partial charge in [0.25, 0.3) is 0 Å². The van der Waals surface area contributed by atoms with Crippen molar-refractivity contribution in [3.63, 3.8) is 0 Å². The Balaban J connectivity index is 2.09. The van der Waals surface area contributed by atoms with E-state index in [1.165, 1.54) is 0 Å². The van der Waals surface area contributed by atoms with Gasteiger partial charge >= 0.3 is 0 Å². The highest BCUT2D eigenvalue weighted by Crippen LogP contribution is 2.32. The predicted molar refractivity (Wildman–Crippen MR) is 87.7 cm³/mol. The van der Waals surface area contributed by atoms with Gasteiger partial charge in [-0.2, -0.15) is 0 Å². The second-order valence-electron chi connectivity index (χ2n) is 4.55. The van der Waals surface area contributed by atoms with Crippen LogP contribution < -0.4 is 10.1 Å². The summed E-state index contributed by atoms with van der Waals surface area (Å²) in [6, 6.07) is 14.5. The summed E-state index contributed by atoms with van der Waals surface area (Å²) in [6.45, 7) is 2.87. The van der Waals surface area contributed by atoms with Crippen LogP contribution in [-0.4, -0.2) is 19.1 Å². The first-order valence-corrected chi connectivity index (χ1v) is 7.47. The summed E-state index contributed by atoms with van der Waals surface area (Å²) in [5, 5.41) is 3.33. The van der Waals surface area contributed by atoms with Crippen LogP contribution >= 0.6 is 11.6 Å². The zero-order chi connectivity index (χ0) is 15.8. The topological polar surface area (TPSA) is 47.6 Å². The molecule has 2 aromatic rings. The first-order valence-electron chi connectivity index (χ1n) is 7.09. The van der Waals surface area contributed by atoms with Crippen LogP contribution in [0.25, 0.3) is 0 Å². The number of hydrogen-bond acceptors (Lipinski definition) is 3. The lowest BCUT2D eigenvalue weighted by Gasteiger charge is -2.13. The molecule has 0 spiro atoms. The van der Waals surface area contributed by atoms with Crippen molar-refractivity contribution in [1.29, 1.82) is 0 Å². The molecule has 5 heteroatoms. The molecule has 0 aromatic heterocycles. The molecule has 0 bridgehead atoms. The maximum absolute atomic E-state index is 11.9. The molecule has 0 aliphatic heterocycles. The summed E-state index contributed by atoms with van der Waals surface area (Å²) in [5.74, 6) is 1.09. The number of ether oxygens (including phenoxy) is 2. The molecular weight excluding hydrogens is 302 g/mol. The van der Waals surface area contributed by atoms with Crippen molar-refractivity contribution in [2.45, 2.75) is 13.3 Å². The fourth-order valence-corrected chi connectivity index (χ4v) is 2.00. The van der Waals surface area contributed by atoms with Crippen LogP contribution in [0, 0.1) is 0 Å². The molecule has 4 nitrogen and oxygen atoms in total. The molecule has 2 rings (SSSR count). The Hall–Kier alpha value is -2.04. The molecule has 1 N–H and O–H groups in total. The lowest BCUT2D eigenvalue weighted by Crippen LogP contribution is -2.14. The molecule has 0 saturated carbocycles. The van der Waals surface area contributed by atoms with Gasteiger partial charge in [-0.3, -0.25) is 4.79 Å². The third-order valence-corrected chi connectivity index (χ3v) is 3.10. The van der Waals surface area contributed by atoms with Crippen molar-refractivity contribution in [2.24, 2.45) is 0 Å². The van der Waals surface area contributed by atoms with E-state index in [4.69, 9.17) is 21.1 Å². The minimum Gasteiger partial charge on any atom is -0.455 e. The Labute approximate surface area is 135 Å². The molecular formula is C17H18ClNO3. The van der Waals surface area contributed by atoms with Gasteiger partial charge in [0.15, 0.2) is 5.75 Å². The number of amides is 1. The van der Waals surface area contributed by atoms with Crippen LogP contribution in [0.15, 0.2) is 48.5 Å². The molecule has 0 atom stereocenters. The number of halogens is 1. The molecule has 0 radical (unpaired) electrons. The van der Waals surface area contributed by atoms with Crippen molar-refractivity contribution >= 4 is 23.2 Å². The minimum absolute atomic E-state index is 0.145. The van der Waals surface area contributed by atoms with Gasteiger partial charge in [-0.25, -0.2) is 0 Å². The first kappa shape index (κ1) is 16.3. The number of para-hydroxylation sites is 1. The Bertz CT molecular complexity index is 617. The van der Waals surface area contributed by atoms with Gasteiger partial charge in [-0.05, 0) is 37.3 Å². The second kappa shape index (κ2) is 8.41. The van der Waals surface area contributed by atoms with Crippen molar-refractivity contribution in [3.8, 4) is 11.5 Å². The maximum Gasteiger partial charge on any atom is 0.226 e. The van der Waals surface area contributed by atoms with Gasteiger partial charge in [0.1, 0.15) is 5.75 Å². The molecule has 0 heterocycles. The van der Waals surface area contributed by atoms with Crippen molar-refractivity contribution in [1.82, 2.24) is 0 Å². The first-order chi connectivity index (χ1) is 10.7. The second-order valence-corrected chi connectivity index (χ2v) is 4.99. The number of anilines is 1. The number of hydrogen-bond donors (Lipinski definition) is 1. The summed E-state index contributed by atoms with van der Waals surface area (Å²) in [7, 11) is 0. The SMILES string of the molecule is CCOCCC(=O)Nc1cc(Cl)ccc1Oc1ccccc1. The van der Waals surface area contributed by atoms with Gasteiger partial charge in [-0.1, -0.05) is 29.8 Å². The number of carbonyl (C=O) groups excluding carboxylic acids is 1. The number of nitrogens with one attached hydrogen (secondary N) is 1. The van der Waals surface area contributed by atoms with Gasteiger partial charge < -0.3 is 14.8 Å². The lowest BCUT2D eigenvalue weighted by molar-refractivity contribution is -0.117. The monoisotopic (exact) mass is 319 g/mol. The summed E-state index contributed by atoms with van der Waals surface area (Å²) < 4.78 is 11.0. The molecule has 0 saturated heterocycles. The third-order valence-electron chi connectivity index (χ3n) is 2.86. The van der Waals surface area contributed by atoms with Crippen LogP contribution in [0.3, 0.4) is 0 Å². The van der Waals surface area contributed by atoms with Crippen LogP contribution in [0.2, 0.25) is 5.02 Å². The smallest absolute Gasteiger partial charge is 0.226 e. The standard InChI is InChI=1S/C17H18ClNO3/c1-2-21-11-10-17(20)19-15-12-13(18)8-9-16(15)22-14-6-4-3-5-7-14/h3-9,12H,2,10-11H2,1H3,(H,19,20). The molecule has 0 fully saturated rings. The maximum atomic E-state index is 11.9. The Morgan fingerprint density at radius 1 is 1.18 bits per heavy atom. The van der Waals surface area contributed by atoms with E-state index in [9.17, 15) is 4.79 Å². The lowest BCUT2D eigenvalue weighted by atomic mass is 10.2. The molecule has 1 amide bonds. The highest BCUT2D eigenvalue weighted by molar-refractivity contribution is 6.31. The predicted octanol–water partition coefficient (Wildman–Crippen LogP) is 4.50. The molecule has 22 heavy (non-hydrogen) atoms. The average Bonchev–Trinajstić information content (AvgIpc) is 2.51. The van der Waals surface area contributed by atoms with E-state index < -0.39 is 0 Å². The molecule has 116 valence electrons. The van der Waals surface area contributed by atoms with E-state index >= 15 is 0 Å². The van der Waals surface area contributed by atoms with Crippen LogP contribution in [0.1, 0.15) is 13.3 Å². The highest BCUT2D eigenvalue weighted by Gasteiger charge is 2.10. The molecule has 0 unspecified atom stereocenters. The molecule has 2 aromatic carbocycles. The zero-order valence-corrected chi connectivity index (χ0v) is 13.1. The number of benzene rings is 2. The quantitative estimate of drug-likeness (QED) is 0.764. The Morgan fingerprint density at radius 2 is 1.95 bits per heavy atom. The van der Waals surface area contributed by atoms with Gasteiger partial charge in [0.2, 0.25) is 5.91 Å². The van der Waals surface area contributed by atoms with Crippen molar-refractivity contribution in [2.75, 3.05) is 18.5 Å². The summed E-state index contributed by atoms with van der Waals surface area (Å²) in [6.07, 6.45) is 0.283. The number of rotatable bonds is 7. The van der Waals surface area contributed by atoms with Crippen LogP contribution in [0.5, 0.6) is 11.5 Å². The van der Waals surface area contributed by atoms with E-state index in [0.29, 0.717) is 35.4 Å². The number of carbonyl (C=O) groups is 1. The van der Waals surface area contributed by atoms with Gasteiger partial charge in [0, 0.05) is 11.6 Å². The minimum atomic E-state index is -0.145. The molecule has 0 aliphatic carbocycles. The van der Waals surface area contributed by atoms with Gasteiger partial charge in [-0.15, -0.1) is 0 Å². The van der Waals surface area contributed by atoms with Crippen molar-refractivity contribution in [3.05, 3.63) is 53.6 Å². The zero-order valence-electron chi connectivity index (χ0n) is 12.3. The normalized spacial score (nSPS) is 10.3. The van der Waals surface area contributed by atoms with E-state index in [1.807, 2.05) is 37.3 Å². The fourth-order valence-electron chi connectivity index (χ4n) is 1.83. The average molecular weight is 320 g/mol. The third kappa shape index (κ3) is 5.06. The summed E-state index contributed by atoms with van der Waals surface area (Å²) in [4.78, 5) is 11.9. The van der Waals surface area contributed by atoms with E-state index in [0.717, 1.165) is 0 Å². The Morgan fingerprint density at radius 3 is 2.68 bits per heavy atom. The van der Waals surface area contributed by atoms with E-state index in [2.05, 4.69) is 5.32 Å². The molecule has 0 aliphatic rings. The Kier molecular flexibility index (Phi) is 6.25. The van der Waals surface area contributed by atoms with Gasteiger partial charge in [0.05, 0.1) is 18.7 Å².